The fraction of sp³-hybridized carbons (Fsp3) is 0.375. The van der Waals surface area contributed by atoms with E-state index in [-0.39, 0.29) is 6.03 Å². The van der Waals surface area contributed by atoms with Crippen LogP contribution in [0.2, 0.25) is 0 Å². The van der Waals surface area contributed by atoms with Crippen molar-refractivity contribution in [3.8, 4) is 6.07 Å². The minimum absolute atomic E-state index is 0.339. The van der Waals surface area contributed by atoms with E-state index < -0.39 is 6.09 Å². The molecule has 1 fully saturated rings. The molecule has 0 atom stereocenters. The first-order chi connectivity index (χ1) is 12.5. The highest BCUT2D eigenvalue weighted by molar-refractivity contribution is 7.22. The molecule has 0 aliphatic carbocycles. The molecule has 0 unspecified atom stereocenters. The third kappa shape index (κ3) is 4.38. The Hall–Kier alpha value is -2.90. The topological polar surface area (TPSA) is 122 Å². The average Bonchev–Trinajstić information content (AvgIpc) is 3.03. The molecule has 9 nitrogen and oxygen atoms in total. The van der Waals surface area contributed by atoms with Crippen molar-refractivity contribution < 1.29 is 14.7 Å². The van der Waals surface area contributed by atoms with Gasteiger partial charge in [0, 0.05) is 39.3 Å². The standard InChI is InChI=1S/C16H18N6O3S/c17-10-11-1-2-12-13(9-11)26-15(19-12)20-14(23)18-3-4-21-5-7-22(8-6-21)16(24)25/h1-2,9H,3-8H2,(H,24,25)(H2,18,19,20,23). The lowest BCUT2D eigenvalue weighted by atomic mass is 10.2. The van der Waals surface area contributed by atoms with E-state index in [0.29, 0.717) is 50.0 Å². The van der Waals surface area contributed by atoms with E-state index >= 15 is 0 Å². The van der Waals surface area contributed by atoms with E-state index in [0.717, 1.165) is 10.2 Å². The van der Waals surface area contributed by atoms with Crippen LogP contribution < -0.4 is 10.6 Å². The van der Waals surface area contributed by atoms with Gasteiger partial charge in [-0.25, -0.2) is 14.6 Å². The number of anilines is 1. The smallest absolute Gasteiger partial charge is 0.407 e. The summed E-state index contributed by atoms with van der Waals surface area (Å²) in [5, 5.41) is 23.8. The van der Waals surface area contributed by atoms with Crippen molar-refractivity contribution in [2.75, 3.05) is 44.6 Å². The molecule has 1 aliphatic heterocycles. The number of carbonyl (C=O) groups is 2. The molecule has 1 aliphatic rings. The SMILES string of the molecule is N#Cc1ccc2nc(NC(=O)NCCN3CCN(C(=O)O)CC3)sc2c1. The summed E-state index contributed by atoms with van der Waals surface area (Å²) in [5.41, 5.74) is 1.29. The van der Waals surface area contributed by atoms with Crippen LogP contribution in [0.25, 0.3) is 10.2 Å². The van der Waals surface area contributed by atoms with Crippen LogP contribution in [0, 0.1) is 11.3 Å². The van der Waals surface area contributed by atoms with Gasteiger partial charge in [0.25, 0.3) is 0 Å². The first-order valence-corrected chi connectivity index (χ1v) is 8.92. The van der Waals surface area contributed by atoms with Crippen LogP contribution >= 0.6 is 11.3 Å². The average molecular weight is 374 g/mol. The number of piperazine rings is 1. The van der Waals surface area contributed by atoms with E-state index in [1.807, 2.05) is 0 Å². The van der Waals surface area contributed by atoms with Crippen molar-refractivity contribution in [1.82, 2.24) is 20.1 Å². The highest BCUT2D eigenvalue weighted by atomic mass is 32.1. The Morgan fingerprint density at radius 3 is 2.77 bits per heavy atom. The normalized spacial score (nSPS) is 14.8. The number of carboxylic acid groups (broad SMARTS) is 1. The van der Waals surface area contributed by atoms with Gasteiger partial charge in [-0.1, -0.05) is 11.3 Å². The second kappa shape index (κ2) is 7.99. The number of rotatable bonds is 4. The number of nitrogens with zero attached hydrogens (tertiary/aromatic N) is 4. The molecule has 10 heteroatoms. The van der Waals surface area contributed by atoms with Crippen molar-refractivity contribution in [2.45, 2.75) is 0 Å². The number of carbonyl (C=O) groups excluding carboxylic acids is 1. The van der Waals surface area contributed by atoms with E-state index in [9.17, 15) is 9.59 Å². The molecular weight excluding hydrogens is 356 g/mol. The van der Waals surface area contributed by atoms with Crippen molar-refractivity contribution in [1.29, 1.82) is 5.26 Å². The lowest BCUT2D eigenvalue weighted by Crippen LogP contribution is -2.50. The Balaban J connectivity index is 1.43. The molecule has 136 valence electrons. The zero-order valence-electron chi connectivity index (χ0n) is 13.9. The summed E-state index contributed by atoms with van der Waals surface area (Å²) in [4.78, 5) is 30.7. The van der Waals surface area contributed by atoms with Crippen molar-refractivity contribution in [2.24, 2.45) is 0 Å². The van der Waals surface area contributed by atoms with Gasteiger partial charge < -0.3 is 15.3 Å². The lowest BCUT2D eigenvalue weighted by molar-refractivity contribution is 0.106. The maximum absolute atomic E-state index is 12.0. The minimum atomic E-state index is -0.889. The summed E-state index contributed by atoms with van der Waals surface area (Å²) in [6.07, 6.45) is -0.889. The maximum atomic E-state index is 12.0. The van der Waals surface area contributed by atoms with Gasteiger partial charge in [-0.05, 0) is 18.2 Å². The summed E-state index contributed by atoms with van der Waals surface area (Å²) >= 11 is 1.31. The number of aromatic nitrogens is 1. The number of urea groups is 1. The Labute approximate surface area is 153 Å². The monoisotopic (exact) mass is 374 g/mol. The van der Waals surface area contributed by atoms with Gasteiger partial charge in [0.15, 0.2) is 5.13 Å². The molecule has 2 heterocycles. The molecule has 0 spiro atoms. The summed E-state index contributed by atoms with van der Waals surface area (Å²) in [6.45, 7) is 3.41. The van der Waals surface area contributed by atoms with Crippen LogP contribution in [0.3, 0.4) is 0 Å². The first-order valence-electron chi connectivity index (χ1n) is 8.11. The van der Waals surface area contributed by atoms with Gasteiger partial charge in [0.2, 0.25) is 0 Å². The van der Waals surface area contributed by atoms with Gasteiger partial charge >= 0.3 is 12.1 Å². The molecule has 1 aromatic carbocycles. The highest BCUT2D eigenvalue weighted by Crippen LogP contribution is 2.26. The summed E-state index contributed by atoms with van der Waals surface area (Å²) in [6, 6.07) is 6.92. The molecule has 0 radical (unpaired) electrons. The Kier molecular flexibility index (Phi) is 5.50. The quantitative estimate of drug-likeness (QED) is 0.747. The van der Waals surface area contributed by atoms with Crippen LogP contribution in [0.5, 0.6) is 0 Å². The lowest BCUT2D eigenvalue weighted by Gasteiger charge is -2.32. The van der Waals surface area contributed by atoms with E-state index in [1.54, 1.807) is 18.2 Å². The van der Waals surface area contributed by atoms with E-state index in [1.165, 1.54) is 16.2 Å². The molecule has 1 saturated heterocycles. The van der Waals surface area contributed by atoms with Crippen molar-refractivity contribution >= 4 is 38.8 Å². The predicted octanol–water partition coefficient (Wildman–Crippen LogP) is 1.59. The van der Waals surface area contributed by atoms with Gasteiger partial charge in [-0.3, -0.25) is 10.2 Å². The van der Waals surface area contributed by atoms with Crippen LogP contribution in [0.1, 0.15) is 5.56 Å². The minimum Gasteiger partial charge on any atom is -0.465 e. The fourth-order valence-electron chi connectivity index (χ4n) is 2.68. The molecule has 0 saturated carbocycles. The number of nitriles is 1. The fourth-order valence-corrected chi connectivity index (χ4v) is 3.58. The summed E-state index contributed by atoms with van der Waals surface area (Å²) < 4.78 is 0.843. The number of fused-ring (bicyclic) bond motifs is 1. The van der Waals surface area contributed by atoms with E-state index in [2.05, 4.69) is 26.6 Å². The Morgan fingerprint density at radius 1 is 1.31 bits per heavy atom. The van der Waals surface area contributed by atoms with Crippen LogP contribution in [-0.2, 0) is 0 Å². The number of benzene rings is 1. The summed E-state index contributed by atoms with van der Waals surface area (Å²) in [7, 11) is 0. The van der Waals surface area contributed by atoms with Crippen molar-refractivity contribution in [3.63, 3.8) is 0 Å². The Bertz CT molecular complexity index is 853. The number of hydrogen-bond donors (Lipinski definition) is 3. The van der Waals surface area contributed by atoms with Crippen molar-refractivity contribution in [3.05, 3.63) is 23.8 Å². The third-order valence-corrected chi connectivity index (χ3v) is 5.03. The zero-order chi connectivity index (χ0) is 18.5. The number of nitrogens with one attached hydrogen (secondary N) is 2. The summed E-state index contributed by atoms with van der Waals surface area (Å²) in [5.74, 6) is 0. The second-order valence-corrected chi connectivity index (χ2v) is 6.84. The van der Waals surface area contributed by atoms with Crippen LogP contribution in [0.4, 0.5) is 14.7 Å². The molecule has 26 heavy (non-hydrogen) atoms. The molecule has 0 bridgehead atoms. The molecule has 3 rings (SSSR count). The number of amides is 3. The second-order valence-electron chi connectivity index (χ2n) is 5.81. The Morgan fingerprint density at radius 2 is 2.08 bits per heavy atom. The molecule has 3 amide bonds. The largest absolute Gasteiger partial charge is 0.465 e. The maximum Gasteiger partial charge on any atom is 0.407 e. The van der Waals surface area contributed by atoms with Gasteiger partial charge in [-0.15, -0.1) is 0 Å². The molecule has 1 aromatic heterocycles. The van der Waals surface area contributed by atoms with Gasteiger partial charge in [0.1, 0.15) is 0 Å². The molecule has 3 N–H and O–H groups in total. The zero-order valence-corrected chi connectivity index (χ0v) is 14.8. The highest BCUT2D eigenvalue weighted by Gasteiger charge is 2.19. The van der Waals surface area contributed by atoms with Crippen LogP contribution in [-0.4, -0.2) is 71.3 Å². The van der Waals surface area contributed by atoms with E-state index in [4.69, 9.17) is 10.4 Å². The first kappa shape index (κ1) is 17.9. The number of thiazole rings is 1. The third-order valence-electron chi connectivity index (χ3n) is 4.09. The molecule has 2 aromatic rings. The van der Waals surface area contributed by atoms with Gasteiger partial charge in [0.05, 0.1) is 21.8 Å². The van der Waals surface area contributed by atoms with Gasteiger partial charge in [-0.2, -0.15) is 5.26 Å². The molecular formula is C16H18N6O3S. The van der Waals surface area contributed by atoms with Crippen LogP contribution in [0.15, 0.2) is 18.2 Å². The predicted molar refractivity (Wildman–Crippen MR) is 97.4 cm³/mol. The number of hydrogen-bond acceptors (Lipinski definition) is 6.